The van der Waals surface area contributed by atoms with Crippen LogP contribution in [0.4, 0.5) is 5.69 Å². The number of hydrogen-bond acceptors (Lipinski definition) is 3. The van der Waals surface area contributed by atoms with Gasteiger partial charge >= 0.3 is 0 Å². The Morgan fingerprint density at radius 2 is 1.65 bits per heavy atom. The van der Waals surface area contributed by atoms with Crippen LogP contribution in [0.25, 0.3) is 11.1 Å². The van der Waals surface area contributed by atoms with Crippen molar-refractivity contribution in [1.29, 1.82) is 0 Å². The van der Waals surface area contributed by atoms with Crippen molar-refractivity contribution >= 4 is 29.2 Å². The minimum atomic E-state index is 0.412. The molecule has 5 heteroatoms. The molecule has 0 spiro atoms. The summed E-state index contributed by atoms with van der Waals surface area (Å²) in [5.74, 6) is 0.764. The second-order valence-corrected chi connectivity index (χ2v) is 5.95. The van der Waals surface area contributed by atoms with E-state index in [1.165, 1.54) is 11.1 Å². The minimum absolute atomic E-state index is 0.412. The molecule has 0 saturated heterocycles. The van der Waals surface area contributed by atoms with Crippen LogP contribution in [0.2, 0.25) is 0 Å². The molecule has 0 radical (unpaired) electrons. The van der Waals surface area contributed by atoms with Crippen molar-refractivity contribution in [3.05, 3.63) is 84.4 Å². The molecule has 3 aromatic carbocycles. The Morgan fingerprint density at radius 3 is 2.38 bits per heavy atom. The van der Waals surface area contributed by atoms with Crippen LogP contribution in [0, 0.1) is 0 Å². The molecule has 0 saturated carbocycles. The maximum Gasteiger partial charge on any atom is 0.191 e. The van der Waals surface area contributed by atoms with Gasteiger partial charge in [0.15, 0.2) is 5.11 Å². The van der Waals surface area contributed by atoms with E-state index in [2.05, 4.69) is 40.1 Å². The van der Waals surface area contributed by atoms with Crippen molar-refractivity contribution in [3.8, 4) is 16.9 Å². The van der Waals surface area contributed by atoms with Gasteiger partial charge in [-0.15, -0.1) is 0 Å². The van der Waals surface area contributed by atoms with Crippen molar-refractivity contribution in [3.63, 3.8) is 0 Å². The molecule has 4 nitrogen and oxygen atoms in total. The Bertz CT molecular complexity index is 893. The molecule has 0 aromatic heterocycles. The van der Waals surface area contributed by atoms with Crippen molar-refractivity contribution in [2.24, 2.45) is 5.10 Å². The molecule has 130 valence electrons. The van der Waals surface area contributed by atoms with Crippen molar-refractivity contribution in [1.82, 2.24) is 5.43 Å². The SMILES string of the molecule is COc1cccc(NC(=S)NN=Cc2ccc(-c3ccccc3)cc2)c1. The fraction of sp³-hybridized carbons (Fsp3) is 0.0476. The Balaban J connectivity index is 1.55. The predicted molar refractivity (Wildman–Crippen MR) is 112 cm³/mol. The van der Waals surface area contributed by atoms with Gasteiger partial charge in [-0.25, -0.2) is 0 Å². The van der Waals surface area contributed by atoms with E-state index >= 15 is 0 Å². The maximum atomic E-state index is 5.24. The Morgan fingerprint density at radius 1 is 0.923 bits per heavy atom. The Kier molecular flexibility index (Phi) is 5.96. The third kappa shape index (κ3) is 4.91. The smallest absolute Gasteiger partial charge is 0.191 e. The number of hydrazone groups is 1. The molecule has 0 aliphatic rings. The van der Waals surface area contributed by atoms with Gasteiger partial charge in [-0.1, -0.05) is 60.7 Å². The van der Waals surface area contributed by atoms with Crippen LogP contribution in [-0.2, 0) is 0 Å². The summed E-state index contributed by atoms with van der Waals surface area (Å²) in [5, 5.41) is 7.65. The molecule has 0 heterocycles. The van der Waals surface area contributed by atoms with Gasteiger partial charge in [0.2, 0.25) is 0 Å². The molecule has 0 bridgehead atoms. The molecule has 0 atom stereocenters. The fourth-order valence-corrected chi connectivity index (χ4v) is 2.59. The summed E-state index contributed by atoms with van der Waals surface area (Å²) in [6, 6.07) is 26.0. The molecular formula is C21H19N3OS. The second kappa shape index (κ2) is 8.78. The van der Waals surface area contributed by atoms with Crippen molar-refractivity contribution in [2.75, 3.05) is 12.4 Å². The molecular weight excluding hydrogens is 342 g/mol. The van der Waals surface area contributed by atoms with Crippen LogP contribution < -0.4 is 15.5 Å². The highest BCUT2D eigenvalue weighted by molar-refractivity contribution is 7.80. The van der Waals surface area contributed by atoms with E-state index < -0.39 is 0 Å². The first kappa shape index (κ1) is 17.6. The number of nitrogens with zero attached hydrogens (tertiary/aromatic N) is 1. The topological polar surface area (TPSA) is 45.6 Å². The van der Waals surface area contributed by atoms with E-state index in [4.69, 9.17) is 17.0 Å². The molecule has 3 aromatic rings. The zero-order valence-corrected chi connectivity index (χ0v) is 15.2. The summed E-state index contributed by atoms with van der Waals surface area (Å²) in [4.78, 5) is 0. The molecule has 2 N–H and O–H groups in total. The quantitative estimate of drug-likeness (QED) is 0.393. The highest BCUT2D eigenvalue weighted by Crippen LogP contribution is 2.19. The van der Waals surface area contributed by atoms with Crippen LogP contribution >= 0.6 is 12.2 Å². The number of benzene rings is 3. The van der Waals surface area contributed by atoms with Gasteiger partial charge < -0.3 is 10.1 Å². The number of nitrogens with one attached hydrogen (secondary N) is 2. The van der Waals surface area contributed by atoms with E-state index in [-0.39, 0.29) is 0 Å². The molecule has 26 heavy (non-hydrogen) atoms. The normalized spacial score (nSPS) is 10.5. The van der Waals surface area contributed by atoms with E-state index in [0.29, 0.717) is 5.11 Å². The minimum Gasteiger partial charge on any atom is -0.497 e. The maximum absolute atomic E-state index is 5.24. The second-order valence-electron chi connectivity index (χ2n) is 5.54. The molecule has 0 fully saturated rings. The van der Waals surface area contributed by atoms with Crippen molar-refractivity contribution in [2.45, 2.75) is 0 Å². The van der Waals surface area contributed by atoms with Crippen LogP contribution in [0.15, 0.2) is 84.0 Å². The zero-order chi connectivity index (χ0) is 18.2. The first-order valence-electron chi connectivity index (χ1n) is 8.14. The number of methoxy groups -OCH3 is 1. The molecule has 0 unspecified atom stereocenters. The van der Waals surface area contributed by atoms with Crippen molar-refractivity contribution < 1.29 is 4.74 Å². The van der Waals surface area contributed by atoms with E-state index in [1.54, 1.807) is 13.3 Å². The van der Waals surface area contributed by atoms with Crippen LogP contribution in [-0.4, -0.2) is 18.4 Å². The van der Waals surface area contributed by atoms with E-state index in [9.17, 15) is 0 Å². The number of thiocarbonyl (C=S) groups is 1. The monoisotopic (exact) mass is 361 g/mol. The zero-order valence-electron chi connectivity index (χ0n) is 14.3. The summed E-state index contributed by atoms with van der Waals surface area (Å²) >= 11 is 5.24. The molecule has 0 aliphatic heterocycles. The fourth-order valence-electron chi connectivity index (χ4n) is 2.42. The van der Waals surface area contributed by atoms with Gasteiger partial charge in [-0.3, -0.25) is 5.43 Å². The lowest BCUT2D eigenvalue weighted by Crippen LogP contribution is -2.23. The largest absolute Gasteiger partial charge is 0.497 e. The summed E-state index contributed by atoms with van der Waals surface area (Å²) < 4.78 is 5.18. The average Bonchev–Trinajstić information content (AvgIpc) is 2.69. The van der Waals surface area contributed by atoms with Crippen LogP contribution in [0.5, 0.6) is 5.75 Å². The van der Waals surface area contributed by atoms with Gasteiger partial charge in [0.1, 0.15) is 5.75 Å². The lowest BCUT2D eigenvalue weighted by Gasteiger charge is -2.08. The number of anilines is 1. The average molecular weight is 361 g/mol. The number of ether oxygens (including phenoxy) is 1. The first-order valence-corrected chi connectivity index (χ1v) is 8.55. The summed E-state index contributed by atoms with van der Waals surface area (Å²) in [5.41, 5.74) is 7.00. The molecule has 0 aliphatic carbocycles. The predicted octanol–water partition coefficient (Wildman–Crippen LogP) is 4.68. The Hall–Kier alpha value is -3.18. The third-order valence-electron chi connectivity index (χ3n) is 3.73. The summed E-state index contributed by atoms with van der Waals surface area (Å²) in [6.45, 7) is 0. The molecule has 0 amide bonds. The van der Waals surface area contributed by atoms with Gasteiger partial charge in [0, 0.05) is 11.8 Å². The van der Waals surface area contributed by atoms with Gasteiger partial charge in [-0.05, 0) is 41.0 Å². The van der Waals surface area contributed by atoms with Gasteiger partial charge in [0.05, 0.1) is 13.3 Å². The first-order chi connectivity index (χ1) is 12.7. The Labute approximate surface area is 158 Å². The third-order valence-corrected chi connectivity index (χ3v) is 3.92. The lowest BCUT2D eigenvalue weighted by atomic mass is 10.0. The van der Waals surface area contributed by atoms with E-state index in [1.807, 2.05) is 54.6 Å². The highest BCUT2D eigenvalue weighted by Gasteiger charge is 1.99. The number of hydrogen-bond donors (Lipinski definition) is 2. The standard InChI is InChI=1S/C21H19N3OS/c1-25-20-9-5-8-19(14-20)23-21(26)24-22-15-16-10-12-18(13-11-16)17-6-3-2-4-7-17/h2-15H,1H3,(H2,23,24,26). The van der Waals surface area contributed by atoms with Gasteiger partial charge in [-0.2, -0.15) is 5.10 Å². The molecule has 3 rings (SSSR count). The lowest BCUT2D eigenvalue weighted by molar-refractivity contribution is 0.415. The summed E-state index contributed by atoms with van der Waals surface area (Å²) in [7, 11) is 1.63. The van der Waals surface area contributed by atoms with Gasteiger partial charge in [0.25, 0.3) is 0 Å². The van der Waals surface area contributed by atoms with Crippen LogP contribution in [0.1, 0.15) is 5.56 Å². The van der Waals surface area contributed by atoms with E-state index in [0.717, 1.165) is 17.0 Å². The number of rotatable bonds is 5. The van der Waals surface area contributed by atoms with Crippen LogP contribution in [0.3, 0.4) is 0 Å². The highest BCUT2D eigenvalue weighted by atomic mass is 32.1. The summed E-state index contributed by atoms with van der Waals surface area (Å²) in [6.07, 6.45) is 1.73.